The Balaban J connectivity index is 2.76. The lowest BCUT2D eigenvalue weighted by Gasteiger charge is -2.20. The molecule has 1 N–H and O–H groups in total. The molecule has 0 aromatic heterocycles. The number of benzene rings is 1. The molecule has 18 heavy (non-hydrogen) atoms. The monoisotopic (exact) mass is 248 g/mol. The zero-order valence-electron chi connectivity index (χ0n) is 11.2. The predicted molar refractivity (Wildman–Crippen MR) is 73.0 cm³/mol. The van der Waals surface area contributed by atoms with Gasteiger partial charge in [0.25, 0.3) is 0 Å². The van der Waals surface area contributed by atoms with E-state index in [-0.39, 0.29) is 5.82 Å². The quantitative estimate of drug-likeness (QED) is 0.772. The van der Waals surface area contributed by atoms with E-state index in [1.165, 1.54) is 18.6 Å². The topological polar surface area (TPSA) is 35.8 Å². The highest BCUT2D eigenvalue weighted by Crippen LogP contribution is 2.20. The lowest BCUT2D eigenvalue weighted by Crippen LogP contribution is -2.19. The van der Waals surface area contributed by atoms with Crippen molar-refractivity contribution in [1.29, 1.82) is 5.26 Å². The van der Waals surface area contributed by atoms with Crippen molar-refractivity contribution in [1.82, 2.24) is 0 Å². The average molecular weight is 248 g/mol. The van der Waals surface area contributed by atoms with Crippen LogP contribution in [0.5, 0.6) is 0 Å². The van der Waals surface area contributed by atoms with Gasteiger partial charge in [-0.15, -0.1) is 0 Å². The van der Waals surface area contributed by atoms with Gasteiger partial charge in [-0.1, -0.05) is 33.1 Å². The van der Waals surface area contributed by atoms with Gasteiger partial charge in [0.2, 0.25) is 0 Å². The summed E-state index contributed by atoms with van der Waals surface area (Å²) >= 11 is 0. The molecule has 0 saturated heterocycles. The highest BCUT2D eigenvalue weighted by Gasteiger charge is 2.10. The Bertz CT molecular complexity index is 409. The zero-order chi connectivity index (χ0) is 13.4. The van der Waals surface area contributed by atoms with Crippen molar-refractivity contribution in [2.24, 2.45) is 0 Å². The molecule has 0 saturated carbocycles. The van der Waals surface area contributed by atoms with Crippen molar-refractivity contribution >= 4 is 5.69 Å². The second-order valence-corrected chi connectivity index (χ2v) is 4.57. The number of halogens is 1. The van der Waals surface area contributed by atoms with E-state index >= 15 is 0 Å². The maximum absolute atomic E-state index is 13.0. The Labute approximate surface area is 109 Å². The molecule has 0 fully saturated rings. The van der Waals surface area contributed by atoms with Crippen molar-refractivity contribution < 1.29 is 4.39 Å². The minimum atomic E-state index is -0.363. The Kier molecular flexibility index (Phi) is 6.21. The fourth-order valence-corrected chi connectivity index (χ4v) is 2.04. The summed E-state index contributed by atoms with van der Waals surface area (Å²) in [5.74, 6) is -0.363. The second kappa shape index (κ2) is 7.71. The first kappa shape index (κ1) is 14.5. The molecule has 1 aromatic rings. The highest BCUT2D eigenvalue weighted by molar-refractivity contribution is 5.57. The summed E-state index contributed by atoms with van der Waals surface area (Å²) in [7, 11) is 0. The highest BCUT2D eigenvalue weighted by atomic mass is 19.1. The molecule has 1 unspecified atom stereocenters. The van der Waals surface area contributed by atoms with E-state index in [4.69, 9.17) is 5.26 Å². The van der Waals surface area contributed by atoms with Crippen LogP contribution in [0, 0.1) is 17.1 Å². The SMILES string of the molecule is CCCCC(CCC)Nc1ccc(F)cc1C#N. The lowest BCUT2D eigenvalue weighted by atomic mass is 10.0. The van der Waals surface area contributed by atoms with Crippen LogP contribution in [-0.2, 0) is 0 Å². The first-order valence-electron chi connectivity index (χ1n) is 6.67. The molecule has 0 spiro atoms. The van der Waals surface area contributed by atoms with Crippen LogP contribution < -0.4 is 5.32 Å². The van der Waals surface area contributed by atoms with Crippen LogP contribution >= 0.6 is 0 Å². The van der Waals surface area contributed by atoms with Crippen LogP contribution in [0.2, 0.25) is 0 Å². The molecule has 1 aromatic carbocycles. The molecule has 3 heteroatoms. The molecule has 2 nitrogen and oxygen atoms in total. The first-order chi connectivity index (χ1) is 8.71. The van der Waals surface area contributed by atoms with Crippen molar-refractivity contribution in [3.8, 4) is 6.07 Å². The number of anilines is 1. The van der Waals surface area contributed by atoms with Gasteiger partial charge in [-0.2, -0.15) is 5.26 Å². The minimum absolute atomic E-state index is 0.363. The number of unbranched alkanes of at least 4 members (excludes halogenated alkanes) is 1. The van der Waals surface area contributed by atoms with Gasteiger partial charge in [0.05, 0.1) is 11.3 Å². The molecule has 98 valence electrons. The molecule has 1 atom stereocenters. The van der Waals surface area contributed by atoms with Crippen LogP contribution in [0.3, 0.4) is 0 Å². The van der Waals surface area contributed by atoms with Gasteiger partial charge in [-0.25, -0.2) is 4.39 Å². The van der Waals surface area contributed by atoms with Gasteiger partial charge in [0.15, 0.2) is 0 Å². The third-order valence-electron chi connectivity index (χ3n) is 3.00. The summed E-state index contributed by atoms with van der Waals surface area (Å²) in [6.07, 6.45) is 5.59. The third-order valence-corrected chi connectivity index (χ3v) is 3.00. The molecule has 0 heterocycles. The van der Waals surface area contributed by atoms with Crippen LogP contribution in [-0.4, -0.2) is 6.04 Å². The third kappa shape index (κ3) is 4.37. The van der Waals surface area contributed by atoms with Crippen LogP contribution in [0.25, 0.3) is 0 Å². The normalized spacial score (nSPS) is 11.9. The molecule has 0 bridgehead atoms. The van der Waals surface area contributed by atoms with Crippen molar-refractivity contribution in [3.05, 3.63) is 29.6 Å². The fraction of sp³-hybridized carbons (Fsp3) is 0.533. The predicted octanol–water partition coefficient (Wildman–Crippen LogP) is 4.47. The van der Waals surface area contributed by atoms with Gasteiger partial charge in [-0.3, -0.25) is 0 Å². The lowest BCUT2D eigenvalue weighted by molar-refractivity contribution is 0.564. The van der Waals surface area contributed by atoms with E-state index in [1.807, 2.05) is 6.07 Å². The molecule has 1 rings (SSSR count). The largest absolute Gasteiger partial charge is 0.381 e. The van der Waals surface area contributed by atoms with E-state index in [2.05, 4.69) is 19.2 Å². The fourth-order valence-electron chi connectivity index (χ4n) is 2.04. The molecular formula is C15H21FN2. The van der Waals surface area contributed by atoms with Gasteiger partial charge < -0.3 is 5.32 Å². The van der Waals surface area contributed by atoms with Crippen LogP contribution in [0.4, 0.5) is 10.1 Å². The van der Waals surface area contributed by atoms with E-state index in [0.29, 0.717) is 11.6 Å². The molecule has 0 radical (unpaired) electrons. The summed E-state index contributed by atoms with van der Waals surface area (Å²) in [6.45, 7) is 4.32. The minimum Gasteiger partial charge on any atom is -0.381 e. The average Bonchev–Trinajstić information content (AvgIpc) is 2.38. The smallest absolute Gasteiger partial charge is 0.124 e. The second-order valence-electron chi connectivity index (χ2n) is 4.57. The number of hydrogen-bond donors (Lipinski definition) is 1. The zero-order valence-corrected chi connectivity index (χ0v) is 11.2. The summed E-state index contributed by atoms with van der Waals surface area (Å²) < 4.78 is 13.0. The maximum Gasteiger partial charge on any atom is 0.124 e. The van der Waals surface area contributed by atoms with Crippen LogP contribution in [0.15, 0.2) is 18.2 Å². The van der Waals surface area contributed by atoms with E-state index in [1.54, 1.807) is 6.07 Å². The van der Waals surface area contributed by atoms with Crippen LogP contribution in [0.1, 0.15) is 51.5 Å². The number of rotatable bonds is 7. The van der Waals surface area contributed by atoms with Gasteiger partial charge in [0, 0.05) is 6.04 Å². The summed E-state index contributed by atoms with van der Waals surface area (Å²) in [4.78, 5) is 0. The Morgan fingerprint density at radius 3 is 2.67 bits per heavy atom. The molecule has 0 aliphatic heterocycles. The van der Waals surface area contributed by atoms with Crippen molar-refractivity contribution in [2.75, 3.05) is 5.32 Å². The molecule has 0 aliphatic carbocycles. The Morgan fingerprint density at radius 2 is 2.06 bits per heavy atom. The number of nitriles is 1. The standard InChI is InChI=1S/C15H21FN2/c1-3-5-7-14(6-4-2)18-15-9-8-13(16)10-12(15)11-17/h8-10,14,18H,3-7H2,1-2H3. The summed E-state index contributed by atoms with van der Waals surface area (Å²) in [6, 6.07) is 6.74. The van der Waals surface area contributed by atoms with Crippen molar-refractivity contribution in [3.63, 3.8) is 0 Å². The number of nitrogens with one attached hydrogen (secondary N) is 1. The first-order valence-corrected chi connectivity index (χ1v) is 6.67. The van der Waals surface area contributed by atoms with Gasteiger partial charge in [-0.05, 0) is 31.0 Å². The van der Waals surface area contributed by atoms with Gasteiger partial charge >= 0.3 is 0 Å². The van der Waals surface area contributed by atoms with E-state index < -0.39 is 0 Å². The molecule has 0 amide bonds. The van der Waals surface area contributed by atoms with E-state index in [0.717, 1.165) is 31.4 Å². The van der Waals surface area contributed by atoms with Crippen molar-refractivity contribution in [2.45, 2.75) is 52.0 Å². The summed E-state index contributed by atoms with van der Waals surface area (Å²) in [5.41, 5.74) is 1.13. The Hall–Kier alpha value is -1.56. The molecular weight excluding hydrogens is 227 g/mol. The number of nitrogens with zero attached hydrogens (tertiary/aromatic N) is 1. The van der Waals surface area contributed by atoms with E-state index in [9.17, 15) is 4.39 Å². The van der Waals surface area contributed by atoms with Gasteiger partial charge in [0.1, 0.15) is 11.9 Å². The Morgan fingerprint density at radius 1 is 1.28 bits per heavy atom. The maximum atomic E-state index is 13.0. The number of hydrogen-bond acceptors (Lipinski definition) is 2. The molecule has 0 aliphatic rings. The summed E-state index contributed by atoms with van der Waals surface area (Å²) in [5, 5.41) is 12.4.